The number of hydrogen-bond donors (Lipinski definition) is 0. The van der Waals surface area contributed by atoms with E-state index in [1.54, 1.807) is 30.0 Å². The molecule has 3 aromatic rings. The lowest BCUT2D eigenvalue weighted by molar-refractivity contribution is -0.127. The Morgan fingerprint density at radius 1 is 1.32 bits per heavy atom. The van der Waals surface area contributed by atoms with E-state index in [4.69, 9.17) is 20.5 Å². The lowest BCUT2D eigenvalue weighted by Crippen LogP contribution is -2.28. The van der Waals surface area contributed by atoms with Crippen molar-refractivity contribution < 1.29 is 13.7 Å². The summed E-state index contributed by atoms with van der Waals surface area (Å²) >= 11 is 5.89. The van der Waals surface area contributed by atoms with Crippen molar-refractivity contribution in [2.45, 2.75) is 20.0 Å². The molecule has 0 saturated carbocycles. The zero-order valence-electron chi connectivity index (χ0n) is 13.6. The number of hydrogen-bond acceptors (Lipinski definition) is 5. The molecule has 0 unspecified atom stereocenters. The number of nitrogens with zero attached hydrogens (tertiary/aromatic N) is 3. The average Bonchev–Trinajstić information content (AvgIpc) is 3.24. The van der Waals surface area contributed by atoms with Gasteiger partial charge in [-0.2, -0.15) is 0 Å². The number of halogens is 1. The highest BCUT2D eigenvalue weighted by Gasteiger charge is 2.17. The zero-order chi connectivity index (χ0) is 17.8. The maximum absolute atomic E-state index is 12.1. The minimum atomic E-state index is -0.224. The number of benzene rings is 1. The molecular weight excluding hydrogens is 342 g/mol. The summed E-state index contributed by atoms with van der Waals surface area (Å²) in [5, 5.41) is 4.69. The third kappa shape index (κ3) is 3.97. The smallest absolute Gasteiger partial charge is 0.246 e. The van der Waals surface area contributed by atoms with Gasteiger partial charge in [-0.3, -0.25) is 4.79 Å². The Morgan fingerprint density at radius 2 is 2.08 bits per heavy atom. The molecule has 0 spiro atoms. The zero-order valence-corrected chi connectivity index (χ0v) is 14.4. The molecule has 7 heteroatoms. The standard InChI is InChI=1S/C18H16ClN3O3/c1-3-18(23)22(10-16-12(2)24-11-20-16)9-15-8-17(25-21-15)13-4-6-14(19)7-5-13/h3-8,11H,1,9-10H2,2H3. The third-order valence-electron chi connectivity index (χ3n) is 3.71. The largest absolute Gasteiger partial charge is 0.448 e. The normalized spacial score (nSPS) is 10.6. The predicted molar refractivity (Wildman–Crippen MR) is 92.6 cm³/mol. The minimum Gasteiger partial charge on any atom is -0.448 e. The topological polar surface area (TPSA) is 72.4 Å². The van der Waals surface area contributed by atoms with Crippen LogP contribution in [0.4, 0.5) is 0 Å². The van der Waals surface area contributed by atoms with Gasteiger partial charge in [-0.1, -0.05) is 23.3 Å². The fraction of sp³-hybridized carbons (Fsp3) is 0.167. The number of aromatic nitrogens is 2. The van der Waals surface area contributed by atoms with Gasteiger partial charge in [0.05, 0.1) is 13.1 Å². The number of amides is 1. The molecule has 6 nitrogen and oxygen atoms in total. The van der Waals surface area contributed by atoms with Crippen LogP contribution in [-0.2, 0) is 17.9 Å². The SMILES string of the molecule is C=CC(=O)N(Cc1cc(-c2ccc(Cl)cc2)on1)Cc1ncoc1C. The van der Waals surface area contributed by atoms with Crippen molar-refractivity contribution in [1.82, 2.24) is 15.0 Å². The van der Waals surface area contributed by atoms with Gasteiger partial charge >= 0.3 is 0 Å². The van der Waals surface area contributed by atoms with Crippen LogP contribution in [0.5, 0.6) is 0 Å². The van der Waals surface area contributed by atoms with E-state index >= 15 is 0 Å². The van der Waals surface area contributed by atoms with Gasteiger partial charge in [0, 0.05) is 16.7 Å². The Balaban J connectivity index is 1.78. The molecule has 1 amide bonds. The van der Waals surface area contributed by atoms with Crippen LogP contribution in [0, 0.1) is 6.92 Å². The van der Waals surface area contributed by atoms with Crippen molar-refractivity contribution >= 4 is 17.5 Å². The molecule has 25 heavy (non-hydrogen) atoms. The van der Waals surface area contributed by atoms with Crippen molar-refractivity contribution in [3.8, 4) is 11.3 Å². The van der Waals surface area contributed by atoms with E-state index in [2.05, 4.69) is 16.7 Å². The minimum absolute atomic E-state index is 0.224. The monoisotopic (exact) mass is 357 g/mol. The van der Waals surface area contributed by atoms with Gasteiger partial charge in [0.25, 0.3) is 0 Å². The molecular formula is C18H16ClN3O3. The van der Waals surface area contributed by atoms with E-state index in [0.717, 1.165) is 5.56 Å². The lowest BCUT2D eigenvalue weighted by Gasteiger charge is -2.18. The molecule has 0 aliphatic heterocycles. The third-order valence-corrected chi connectivity index (χ3v) is 3.96. The van der Waals surface area contributed by atoms with Gasteiger partial charge in [0.15, 0.2) is 12.2 Å². The molecule has 128 valence electrons. The number of carbonyl (C=O) groups excluding carboxylic acids is 1. The first-order valence-corrected chi connectivity index (χ1v) is 7.96. The summed E-state index contributed by atoms with van der Waals surface area (Å²) in [5.74, 6) is 1.05. The molecule has 0 bridgehead atoms. The summed E-state index contributed by atoms with van der Waals surface area (Å²) in [6.45, 7) is 5.92. The Bertz CT molecular complexity index is 883. The molecule has 2 heterocycles. The van der Waals surface area contributed by atoms with E-state index in [0.29, 0.717) is 34.5 Å². The van der Waals surface area contributed by atoms with Crippen LogP contribution in [0.1, 0.15) is 17.1 Å². The van der Waals surface area contributed by atoms with E-state index < -0.39 is 0 Å². The van der Waals surface area contributed by atoms with Crippen LogP contribution in [0.2, 0.25) is 5.02 Å². The first-order chi connectivity index (χ1) is 12.1. The molecule has 0 N–H and O–H groups in total. The van der Waals surface area contributed by atoms with Gasteiger partial charge in [-0.25, -0.2) is 4.98 Å². The van der Waals surface area contributed by atoms with Crippen LogP contribution in [-0.4, -0.2) is 20.9 Å². The van der Waals surface area contributed by atoms with Crippen molar-refractivity contribution in [2.24, 2.45) is 0 Å². The Hall–Kier alpha value is -2.86. The Morgan fingerprint density at radius 3 is 2.72 bits per heavy atom. The molecule has 0 atom stereocenters. The average molecular weight is 358 g/mol. The van der Waals surface area contributed by atoms with E-state index in [9.17, 15) is 4.79 Å². The van der Waals surface area contributed by atoms with Crippen LogP contribution in [0.15, 0.2) is 58.3 Å². The predicted octanol–water partition coefficient (Wildman–Crippen LogP) is 4.01. The van der Waals surface area contributed by atoms with E-state index in [-0.39, 0.29) is 12.5 Å². The van der Waals surface area contributed by atoms with Crippen molar-refractivity contribution in [2.75, 3.05) is 0 Å². The fourth-order valence-corrected chi connectivity index (χ4v) is 2.46. The Labute approximate surface area is 149 Å². The molecule has 1 aromatic carbocycles. The summed E-state index contributed by atoms with van der Waals surface area (Å²) in [4.78, 5) is 17.8. The molecule has 2 aromatic heterocycles. The van der Waals surface area contributed by atoms with Crippen molar-refractivity contribution in [1.29, 1.82) is 0 Å². The number of carbonyl (C=O) groups is 1. The number of aryl methyl sites for hydroxylation is 1. The van der Waals surface area contributed by atoms with E-state index in [1.165, 1.54) is 12.5 Å². The number of oxazole rings is 1. The molecule has 0 fully saturated rings. The lowest BCUT2D eigenvalue weighted by atomic mass is 10.1. The highest BCUT2D eigenvalue weighted by molar-refractivity contribution is 6.30. The van der Waals surface area contributed by atoms with Crippen molar-refractivity contribution in [3.05, 3.63) is 71.6 Å². The highest BCUT2D eigenvalue weighted by atomic mass is 35.5. The van der Waals surface area contributed by atoms with Gasteiger partial charge in [0.2, 0.25) is 5.91 Å². The van der Waals surface area contributed by atoms with Crippen molar-refractivity contribution in [3.63, 3.8) is 0 Å². The van der Waals surface area contributed by atoms with Crippen LogP contribution < -0.4 is 0 Å². The van der Waals surface area contributed by atoms with Crippen LogP contribution in [0.3, 0.4) is 0 Å². The molecule has 3 rings (SSSR count). The fourth-order valence-electron chi connectivity index (χ4n) is 2.33. The maximum Gasteiger partial charge on any atom is 0.246 e. The van der Waals surface area contributed by atoms with Gasteiger partial charge in [-0.15, -0.1) is 0 Å². The quantitative estimate of drug-likeness (QED) is 0.623. The summed E-state index contributed by atoms with van der Waals surface area (Å²) in [6.07, 6.45) is 2.62. The first kappa shape index (κ1) is 17.0. The molecule has 0 aliphatic rings. The molecule has 0 saturated heterocycles. The van der Waals surface area contributed by atoms with Gasteiger partial charge in [0.1, 0.15) is 17.1 Å². The molecule has 0 radical (unpaired) electrons. The van der Waals surface area contributed by atoms with Gasteiger partial charge in [-0.05, 0) is 37.3 Å². The van der Waals surface area contributed by atoms with E-state index in [1.807, 2.05) is 12.1 Å². The summed E-state index contributed by atoms with van der Waals surface area (Å²) < 4.78 is 10.6. The maximum atomic E-state index is 12.1. The van der Waals surface area contributed by atoms with Crippen LogP contribution in [0.25, 0.3) is 11.3 Å². The second-order valence-electron chi connectivity index (χ2n) is 5.44. The van der Waals surface area contributed by atoms with Gasteiger partial charge < -0.3 is 13.8 Å². The second-order valence-corrected chi connectivity index (χ2v) is 5.88. The molecule has 0 aliphatic carbocycles. The first-order valence-electron chi connectivity index (χ1n) is 7.58. The summed E-state index contributed by atoms with van der Waals surface area (Å²) in [5.41, 5.74) is 2.18. The Kier molecular flexibility index (Phi) is 5.00. The summed E-state index contributed by atoms with van der Waals surface area (Å²) in [6, 6.07) is 9.04. The second kappa shape index (κ2) is 7.36. The number of rotatable bonds is 6. The highest BCUT2D eigenvalue weighted by Crippen LogP contribution is 2.23. The van der Waals surface area contributed by atoms with Crippen LogP contribution >= 0.6 is 11.6 Å². The summed E-state index contributed by atoms with van der Waals surface area (Å²) in [7, 11) is 0.